The van der Waals surface area contributed by atoms with Crippen LogP contribution in [-0.4, -0.2) is 30.9 Å². The molecule has 0 aliphatic carbocycles. The maximum Gasteiger partial charge on any atom is 0.309 e. The molecule has 1 aromatic carbocycles. The van der Waals surface area contributed by atoms with Gasteiger partial charge in [-0.1, -0.05) is 0 Å². The molecular formula is C12H16O5S. The van der Waals surface area contributed by atoms with Crippen LogP contribution in [0.2, 0.25) is 0 Å². The minimum Gasteiger partial charge on any atom is -0.508 e. The molecule has 1 aromatic rings. The van der Waals surface area contributed by atoms with E-state index in [-0.39, 0.29) is 17.1 Å². The molecule has 18 heavy (non-hydrogen) atoms. The van der Waals surface area contributed by atoms with E-state index in [0.717, 1.165) is 6.26 Å². The molecule has 0 aliphatic rings. The number of hydrogen-bond acceptors (Lipinski definition) is 4. The van der Waals surface area contributed by atoms with Crippen molar-refractivity contribution in [3.05, 3.63) is 23.8 Å². The van der Waals surface area contributed by atoms with Crippen molar-refractivity contribution in [1.82, 2.24) is 0 Å². The lowest BCUT2D eigenvalue weighted by Crippen LogP contribution is -2.26. The molecule has 100 valence electrons. The number of hydrogen-bond donors (Lipinski definition) is 2. The molecule has 0 unspecified atom stereocenters. The lowest BCUT2D eigenvalue weighted by Gasteiger charge is -2.19. The molecule has 0 radical (unpaired) electrons. The normalized spacial score (nSPS) is 12.4. The van der Waals surface area contributed by atoms with E-state index in [1.807, 2.05) is 0 Å². The van der Waals surface area contributed by atoms with E-state index in [2.05, 4.69) is 0 Å². The molecule has 0 fully saturated rings. The zero-order valence-corrected chi connectivity index (χ0v) is 11.3. The molecule has 0 aromatic heterocycles. The Kier molecular flexibility index (Phi) is 3.71. The van der Waals surface area contributed by atoms with Gasteiger partial charge in [0.2, 0.25) is 0 Å². The van der Waals surface area contributed by atoms with Crippen molar-refractivity contribution < 1.29 is 23.4 Å². The van der Waals surface area contributed by atoms with Crippen LogP contribution in [0.25, 0.3) is 0 Å². The number of carboxylic acid groups (broad SMARTS) is 1. The number of carboxylic acids is 1. The van der Waals surface area contributed by atoms with E-state index in [4.69, 9.17) is 5.11 Å². The maximum atomic E-state index is 11.4. The van der Waals surface area contributed by atoms with Gasteiger partial charge in [-0.25, -0.2) is 8.42 Å². The van der Waals surface area contributed by atoms with Crippen molar-refractivity contribution in [3.63, 3.8) is 0 Å². The van der Waals surface area contributed by atoms with E-state index in [0.29, 0.717) is 5.56 Å². The summed E-state index contributed by atoms with van der Waals surface area (Å²) in [5, 5.41) is 18.7. The lowest BCUT2D eigenvalue weighted by molar-refractivity contribution is -0.146. The van der Waals surface area contributed by atoms with Crippen molar-refractivity contribution in [3.8, 4) is 5.75 Å². The molecule has 0 spiro atoms. The standard InChI is InChI=1S/C12H16O5S/c1-12(2,11(14)15)7-8-6-9(18(3,16)17)4-5-10(8)13/h4-6,13H,7H2,1-3H3,(H,14,15). The van der Waals surface area contributed by atoms with Crippen molar-refractivity contribution in [2.75, 3.05) is 6.26 Å². The molecule has 0 aliphatic heterocycles. The Morgan fingerprint density at radius 2 is 1.89 bits per heavy atom. The largest absolute Gasteiger partial charge is 0.508 e. The van der Waals surface area contributed by atoms with Gasteiger partial charge in [-0.3, -0.25) is 4.79 Å². The fraction of sp³-hybridized carbons (Fsp3) is 0.417. The molecule has 5 nitrogen and oxygen atoms in total. The van der Waals surface area contributed by atoms with Crippen LogP contribution >= 0.6 is 0 Å². The fourth-order valence-electron chi connectivity index (χ4n) is 1.49. The van der Waals surface area contributed by atoms with E-state index in [9.17, 15) is 18.3 Å². The van der Waals surface area contributed by atoms with E-state index in [1.165, 1.54) is 32.0 Å². The van der Waals surface area contributed by atoms with Crippen LogP contribution in [0.4, 0.5) is 0 Å². The Morgan fingerprint density at radius 3 is 2.33 bits per heavy atom. The summed E-state index contributed by atoms with van der Waals surface area (Å²) in [4.78, 5) is 11.1. The van der Waals surface area contributed by atoms with Gasteiger partial charge in [-0.05, 0) is 44.0 Å². The topological polar surface area (TPSA) is 91.7 Å². The van der Waals surface area contributed by atoms with Gasteiger partial charge in [-0.2, -0.15) is 0 Å². The Bertz CT molecular complexity index is 572. The molecule has 0 saturated carbocycles. The zero-order valence-electron chi connectivity index (χ0n) is 10.5. The van der Waals surface area contributed by atoms with Crippen molar-refractivity contribution in [2.24, 2.45) is 5.41 Å². The number of sulfone groups is 1. The Morgan fingerprint density at radius 1 is 1.33 bits per heavy atom. The van der Waals surface area contributed by atoms with Gasteiger partial charge in [-0.15, -0.1) is 0 Å². The maximum absolute atomic E-state index is 11.4. The highest BCUT2D eigenvalue weighted by Gasteiger charge is 2.28. The van der Waals surface area contributed by atoms with Gasteiger partial charge in [0, 0.05) is 6.26 Å². The monoisotopic (exact) mass is 272 g/mol. The van der Waals surface area contributed by atoms with Crippen LogP contribution in [0.15, 0.2) is 23.1 Å². The molecular weight excluding hydrogens is 256 g/mol. The van der Waals surface area contributed by atoms with Crippen molar-refractivity contribution in [2.45, 2.75) is 25.2 Å². The summed E-state index contributed by atoms with van der Waals surface area (Å²) in [6.45, 7) is 3.03. The number of rotatable bonds is 4. The predicted molar refractivity (Wildman–Crippen MR) is 66.3 cm³/mol. The average molecular weight is 272 g/mol. The minimum absolute atomic E-state index is 0.0531. The Hall–Kier alpha value is -1.56. The highest BCUT2D eigenvalue weighted by Crippen LogP contribution is 2.29. The van der Waals surface area contributed by atoms with Crippen LogP contribution in [0.5, 0.6) is 5.75 Å². The third-order valence-electron chi connectivity index (χ3n) is 2.69. The van der Waals surface area contributed by atoms with Crippen molar-refractivity contribution in [1.29, 1.82) is 0 Å². The number of phenolic OH excluding ortho intramolecular Hbond substituents is 1. The summed E-state index contributed by atoms with van der Waals surface area (Å²) in [6, 6.07) is 3.88. The second kappa shape index (κ2) is 4.61. The van der Waals surface area contributed by atoms with Crippen molar-refractivity contribution >= 4 is 15.8 Å². The first kappa shape index (κ1) is 14.5. The molecule has 2 N–H and O–H groups in total. The molecule has 0 atom stereocenters. The number of aromatic hydroxyl groups is 1. The highest BCUT2D eigenvalue weighted by molar-refractivity contribution is 7.90. The van der Waals surface area contributed by atoms with Gasteiger partial charge in [0.1, 0.15) is 5.75 Å². The SMILES string of the molecule is CC(C)(Cc1cc(S(C)(=O)=O)ccc1O)C(=O)O. The van der Waals surface area contributed by atoms with Crippen LogP contribution in [0.1, 0.15) is 19.4 Å². The third-order valence-corrected chi connectivity index (χ3v) is 3.80. The summed E-state index contributed by atoms with van der Waals surface area (Å²) in [5.41, 5.74) is -0.765. The second-order valence-corrected chi connectivity index (χ2v) is 6.94. The number of aliphatic carboxylic acids is 1. The Balaban J connectivity index is 3.22. The van der Waals surface area contributed by atoms with Gasteiger partial charge >= 0.3 is 5.97 Å². The first-order valence-corrected chi connectivity index (χ1v) is 7.18. The molecule has 0 saturated heterocycles. The van der Waals surface area contributed by atoms with Crippen LogP contribution < -0.4 is 0 Å². The van der Waals surface area contributed by atoms with Crippen LogP contribution in [0.3, 0.4) is 0 Å². The minimum atomic E-state index is -3.38. The first-order valence-electron chi connectivity index (χ1n) is 5.29. The molecule has 0 amide bonds. The number of benzene rings is 1. The summed E-state index contributed by atoms with van der Waals surface area (Å²) in [5.74, 6) is -1.11. The smallest absolute Gasteiger partial charge is 0.309 e. The van der Waals surface area contributed by atoms with Gasteiger partial charge < -0.3 is 10.2 Å². The van der Waals surface area contributed by atoms with Gasteiger partial charge in [0.15, 0.2) is 9.84 Å². The molecule has 0 bridgehead atoms. The third kappa shape index (κ3) is 3.22. The van der Waals surface area contributed by atoms with Crippen LogP contribution in [-0.2, 0) is 21.1 Å². The lowest BCUT2D eigenvalue weighted by atomic mass is 9.85. The molecule has 0 heterocycles. The fourth-order valence-corrected chi connectivity index (χ4v) is 2.16. The quantitative estimate of drug-likeness (QED) is 0.865. The van der Waals surface area contributed by atoms with Gasteiger partial charge in [0.05, 0.1) is 10.3 Å². The summed E-state index contributed by atoms with van der Waals surface area (Å²) in [6.07, 6.45) is 1.11. The number of carbonyl (C=O) groups is 1. The second-order valence-electron chi connectivity index (χ2n) is 4.93. The number of phenols is 1. The molecule has 1 rings (SSSR count). The van der Waals surface area contributed by atoms with Gasteiger partial charge in [0.25, 0.3) is 0 Å². The van der Waals surface area contributed by atoms with E-state index in [1.54, 1.807) is 0 Å². The molecule has 6 heteroatoms. The summed E-state index contributed by atoms with van der Waals surface area (Å²) < 4.78 is 22.8. The predicted octanol–water partition coefficient (Wildman–Crippen LogP) is 1.45. The van der Waals surface area contributed by atoms with Crippen LogP contribution in [0, 0.1) is 5.41 Å². The van der Waals surface area contributed by atoms with E-state index >= 15 is 0 Å². The summed E-state index contributed by atoms with van der Waals surface area (Å²) >= 11 is 0. The Labute approximate surface area is 106 Å². The van der Waals surface area contributed by atoms with E-state index < -0.39 is 21.2 Å². The summed E-state index contributed by atoms with van der Waals surface area (Å²) in [7, 11) is -3.38. The highest BCUT2D eigenvalue weighted by atomic mass is 32.2. The average Bonchev–Trinajstić information content (AvgIpc) is 2.19. The zero-order chi connectivity index (χ0) is 14.1. The first-order chi connectivity index (χ1) is 8.04.